The standard InChI is InChI=1S/C17H20ClNO4S/c1-4-15(12-5-7-13(18)8-6-12)19-24(20,21)17-11-14(22-2)9-10-16(17)23-3/h5-11,15,19H,4H2,1-3H3/t15-/m0/s1. The van der Waals surface area contributed by atoms with Gasteiger partial charge in [0.2, 0.25) is 10.0 Å². The van der Waals surface area contributed by atoms with Crippen LogP contribution in [0.3, 0.4) is 0 Å². The van der Waals surface area contributed by atoms with E-state index in [-0.39, 0.29) is 16.7 Å². The zero-order chi connectivity index (χ0) is 17.7. The molecule has 0 saturated carbocycles. The number of halogens is 1. The molecular weight excluding hydrogens is 350 g/mol. The van der Waals surface area contributed by atoms with Gasteiger partial charge in [0, 0.05) is 17.1 Å². The van der Waals surface area contributed by atoms with Crippen LogP contribution in [0.15, 0.2) is 47.4 Å². The van der Waals surface area contributed by atoms with Gasteiger partial charge in [0.25, 0.3) is 0 Å². The lowest BCUT2D eigenvalue weighted by atomic mass is 10.1. The maximum absolute atomic E-state index is 12.8. The van der Waals surface area contributed by atoms with Crippen molar-refractivity contribution in [1.82, 2.24) is 4.72 Å². The van der Waals surface area contributed by atoms with E-state index in [1.165, 1.54) is 20.3 Å². The number of hydrogen-bond donors (Lipinski definition) is 1. The van der Waals surface area contributed by atoms with Gasteiger partial charge in [0.15, 0.2) is 0 Å². The van der Waals surface area contributed by atoms with Crippen molar-refractivity contribution in [2.45, 2.75) is 24.3 Å². The molecule has 5 nitrogen and oxygen atoms in total. The first-order valence-corrected chi connectivity index (χ1v) is 9.27. The molecule has 1 N–H and O–H groups in total. The van der Waals surface area contributed by atoms with Crippen LogP contribution in [-0.4, -0.2) is 22.6 Å². The number of methoxy groups -OCH3 is 2. The van der Waals surface area contributed by atoms with Crippen LogP contribution in [-0.2, 0) is 10.0 Å². The van der Waals surface area contributed by atoms with E-state index < -0.39 is 10.0 Å². The van der Waals surface area contributed by atoms with Crippen molar-refractivity contribution in [3.63, 3.8) is 0 Å². The molecule has 2 aromatic rings. The zero-order valence-corrected chi connectivity index (χ0v) is 15.3. The van der Waals surface area contributed by atoms with Crippen molar-refractivity contribution in [3.05, 3.63) is 53.1 Å². The summed E-state index contributed by atoms with van der Waals surface area (Å²) in [4.78, 5) is 0.0387. The molecule has 0 unspecified atom stereocenters. The van der Waals surface area contributed by atoms with Crippen LogP contribution in [0.1, 0.15) is 24.9 Å². The number of sulfonamides is 1. The van der Waals surface area contributed by atoms with Crippen LogP contribution in [0.4, 0.5) is 0 Å². The van der Waals surface area contributed by atoms with Crippen LogP contribution in [0.5, 0.6) is 11.5 Å². The van der Waals surface area contributed by atoms with Gasteiger partial charge in [-0.25, -0.2) is 13.1 Å². The minimum atomic E-state index is -3.79. The van der Waals surface area contributed by atoms with E-state index in [2.05, 4.69) is 4.72 Å². The SMILES string of the molecule is CC[C@H](NS(=O)(=O)c1cc(OC)ccc1OC)c1ccc(Cl)cc1. The molecule has 0 bridgehead atoms. The Kier molecular flexibility index (Phi) is 6.10. The highest BCUT2D eigenvalue weighted by Gasteiger charge is 2.24. The average molecular weight is 370 g/mol. The summed E-state index contributed by atoms with van der Waals surface area (Å²) in [7, 11) is -0.885. The highest BCUT2D eigenvalue weighted by atomic mass is 35.5. The fourth-order valence-electron chi connectivity index (χ4n) is 2.33. The Hall–Kier alpha value is -1.76. The van der Waals surface area contributed by atoms with Crippen LogP contribution in [0, 0.1) is 0 Å². The monoisotopic (exact) mass is 369 g/mol. The first kappa shape index (κ1) is 18.6. The second kappa shape index (κ2) is 7.88. The molecule has 0 aliphatic heterocycles. The lowest BCUT2D eigenvalue weighted by molar-refractivity contribution is 0.391. The first-order chi connectivity index (χ1) is 11.4. The van der Waals surface area contributed by atoms with Crippen molar-refractivity contribution < 1.29 is 17.9 Å². The molecule has 7 heteroatoms. The van der Waals surface area contributed by atoms with E-state index in [1.807, 2.05) is 19.1 Å². The summed E-state index contributed by atoms with van der Waals surface area (Å²) in [6.07, 6.45) is 0.590. The van der Waals surface area contributed by atoms with Crippen LogP contribution >= 0.6 is 11.6 Å². The van der Waals surface area contributed by atoms with E-state index >= 15 is 0 Å². The molecule has 24 heavy (non-hydrogen) atoms. The summed E-state index contributed by atoms with van der Waals surface area (Å²) in [6.45, 7) is 1.91. The first-order valence-electron chi connectivity index (χ1n) is 7.41. The third-order valence-corrected chi connectivity index (χ3v) is 5.38. The van der Waals surface area contributed by atoms with Crippen molar-refractivity contribution in [3.8, 4) is 11.5 Å². The number of rotatable bonds is 7. The number of ether oxygens (including phenoxy) is 2. The third kappa shape index (κ3) is 4.20. The topological polar surface area (TPSA) is 64.6 Å². The normalized spacial score (nSPS) is 12.7. The predicted molar refractivity (Wildman–Crippen MR) is 94.4 cm³/mol. The van der Waals surface area contributed by atoms with Crippen molar-refractivity contribution in [2.24, 2.45) is 0 Å². The Balaban J connectivity index is 2.37. The molecule has 130 valence electrons. The number of benzene rings is 2. The Morgan fingerprint density at radius 2 is 1.75 bits per heavy atom. The third-order valence-electron chi connectivity index (χ3n) is 3.64. The Labute approximate surface area is 147 Å². The largest absolute Gasteiger partial charge is 0.497 e. The molecule has 1 atom stereocenters. The highest BCUT2D eigenvalue weighted by molar-refractivity contribution is 7.89. The molecule has 0 heterocycles. The number of hydrogen-bond acceptors (Lipinski definition) is 4. The van der Waals surface area contributed by atoms with Crippen molar-refractivity contribution in [2.75, 3.05) is 14.2 Å². The Morgan fingerprint density at radius 3 is 2.29 bits per heavy atom. The van der Waals surface area contributed by atoms with Gasteiger partial charge in [0.05, 0.1) is 14.2 Å². The Morgan fingerprint density at radius 1 is 1.08 bits per heavy atom. The average Bonchev–Trinajstić information content (AvgIpc) is 2.60. The van der Waals surface area contributed by atoms with E-state index in [4.69, 9.17) is 21.1 Å². The van der Waals surface area contributed by atoms with E-state index in [0.717, 1.165) is 5.56 Å². The van der Waals surface area contributed by atoms with Crippen molar-refractivity contribution in [1.29, 1.82) is 0 Å². The van der Waals surface area contributed by atoms with Gasteiger partial charge < -0.3 is 9.47 Å². The van der Waals surface area contributed by atoms with Gasteiger partial charge in [-0.05, 0) is 36.2 Å². The summed E-state index contributed by atoms with van der Waals surface area (Å²) in [5, 5.41) is 0.603. The van der Waals surface area contributed by atoms with Gasteiger partial charge in [0.1, 0.15) is 16.4 Å². The van der Waals surface area contributed by atoms with Gasteiger partial charge in [-0.1, -0.05) is 30.7 Å². The minimum Gasteiger partial charge on any atom is -0.497 e. The maximum Gasteiger partial charge on any atom is 0.244 e. The second-order valence-corrected chi connectivity index (χ2v) is 7.27. The van der Waals surface area contributed by atoms with Gasteiger partial charge in [-0.15, -0.1) is 0 Å². The lowest BCUT2D eigenvalue weighted by Gasteiger charge is -2.19. The van der Waals surface area contributed by atoms with Gasteiger partial charge in [-0.2, -0.15) is 0 Å². The minimum absolute atomic E-state index is 0.0387. The molecule has 0 fully saturated rings. The van der Waals surface area contributed by atoms with E-state index in [1.54, 1.807) is 24.3 Å². The summed E-state index contributed by atoms with van der Waals surface area (Å²) in [5.74, 6) is 0.699. The summed E-state index contributed by atoms with van der Waals surface area (Å²) in [5.41, 5.74) is 0.840. The second-order valence-electron chi connectivity index (χ2n) is 5.15. The maximum atomic E-state index is 12.8. The molecule has 2 rings (SSSR count). The molecular formula is C17H20ClNO4S. The highest BCUT2D eigenvalue weighted by Crippen LogP contribution is 2.30. The van der Waals surface area contributed by atoms with Gasteiger partial charge in [-0.3, -0.25) is 0 Å². The summed E-state index contributed by atoms with van der Waals surface area (Å²) >= 11 is 5.89. The van der Waals surface area contributed by atoms with Crippen LogP contribution < -0.4 is 14.2 Å². The van der Waals surface area contributed by atoms with Crippen molar-refractivity contribution >= 4 is 21.6 Å². The molecule has 0 amide bonds. The summed E-state index contributed by atoms with van der Waals surface area (Å²) < 4.78 is 38.6. The lowest BCUT2D eigenvalue weighted by Crippen LogP contribution is -2.28. The fraction of sp³-hybridized carbons (Fsp3) is 0.294. The van der Waals surface area contributed by atoms with E-state index in [0.29, 0.717) is 17.2 Å². The Bertz CT molecular complexity index is 791. The van der Waals surface area contributed by atoms with Crippen LogP contribution in [0.25, 0.3) is 0 Å². The smallest absolute Gasteiger partial charge is 0.244 e. The predicted octanol–water partition coefficient (Wildman–Crippen LogP) is 3.79. The molecule has 0 saturated heterocycles. The van der Waals surface area contributed by atoms with Crippen LogP contribution in [0.2, 0.25) is 5.02 Å². The van der Waals surface area contributed by atoms with Gasteiger partial charge >= 0.3 is 0 Å². The number of nitrogens with one attached hydrogen (secondary N) is 1. The molecule has 0 aromatic heterocycles. The zero-order valence-electron chi connectivity index (χ0n) is 13.7. The molecule has 0 spiro atoms. The molecule has 0 aliphatic rings. The van der Waals surface area contributed by atoms with E-state index in [9.17, 15) is 8.42 Å². The fourth-order valence-corrected chi connectivity index (χ4v) is 3.94. The quantitative estimate of drug-likeness (QED) is 0.806. The molecule has 0 aliphatic carbocycles. The molecule has 2 aromatic carbocycles. The summed E-state index contributed by atoms with van der Waals surface area (Å²) in [6, 6.07) is 11.4. The molecule has 0 radical (unpaired) electrons.